The van der Waals surface area contributed by atoms with E-state index in [1.807, 2.05) is 0 Å². The van der Waals surface area contributed by atoms with E-state index in [9.17, 15) is 19.7 Å². The largest absolute Gasteiger partial charge is 0.497 e. The third-order valence-corrected chi connectivity index (χ3v) is 4.51. The van der Waals surface area contributed by atoms with Crippen molar-refractivity contribution < 1.29 is 28.7 Å². The molecule has 3 aromatic rings. The van der Waals surface area contributed by atoms with Crippen molar-refractivity contribution in [3.8, 4) is 17.2 Å². The van der Waals surface area contributed by atoms with E-state index in [1.165, 1.54) is 61.7 Å². The molecule has 0 unspecified atom stereocenters. The molecule has 3 aromatic carbocycles. The fourth-order valence-corrected chi connectivity index (χ4v) is 2.80. The third kappa shape index (κ3) is 5.37. The molecule has 0 saturated carbocycles. The lowest BCUT2D eigenvalue weighted by atomic mass is 10.1. The number of hydrogen-bond donors (Lipinski definition) is 0. The monoisotopic (exact) mass is 433 g/mol. The van der Waals surface area contributed by atoms with E-state index in [0.29, 0.717) is 22.6 Å². The van der Waals surface area contributed by atoms with Gasteiger partial charge in [0.1, 0.15) is 17.2 Å². The van der Waals surface area contributed by atoms with Crippen LogP contribution in [0.25, 0.3) is 6.08 Å². The molecule has 0 saturated heterocycles. The molecule has 8 nitrogen and oxygen atoms in total. The van der Waals surface area contributed by atoms with E-state index in [2.05, 4.69) is 0 Å². The van der Waals surface area contributed by atoms with Gasteiger partial charge in [-0.05, 0) is 66.7 Å². The number of nitro benzene ring substituents is 1. The molecule has 0 N–H and O–H groups in total. The zero-order valence-electron chi connectivity index (χ0n) is 17.3. The number of hydrogen-bond acceptors (Lipinski definition) is 7. The van der Waals surface area contributed by atoms with E-state index in [-0.39, 0.29) is 22.8 Å². The number of carbonyl (C=O) groups is 2. The molecule has 0 radical (unpaired) electrons. The van der Waals surface area contributed by atoms with Crippen molar-refractivity contribution >= 4 is 23.5 Å². The van der Waals surface area contributed by atoms with Gasteiger partial charge in [0.05, 0.1) is 24.7 Å². The average molecular weight is 433 g/mol. The first-order chi connectivity index (χ1) is 15.4. The van der Waals surface area contributed by atoms with E-state index < -0.39 is 10.9 Å². The van der Waals surface area contributed by atoms with Crippen LogP contribution in [0.5, 0.6) is 17.2 Å². The van der Waals surface area contributed by atoms with Crippen LogP contribution in [0.2, 0.25) is 0 Å². The van der Waals surface area contributed by atoms with Crippen molar-refractivity contribution in [1.82, 2.24) is 0 Å². The van der Waals surface area contributed by atoms with E-state index in [4.69, 9.17) is 14.2 Å². The summed E-state index contributed by atoms with van der Waals surface area (Å²) in [7, 11) is 3.09. The number of esters is 1. The van der Waals surface area contributed by atoms with Gasteiger partial charge in [0.15, 0.2) is 5.78 Å². The molecule has 0 fully saturated rings. The maximum absolute atomic E-state index is 12.5. The van der Waals surface area contributed by atoms with Crippen molar-refractivity contribution in [3.05, 3.63) is 99.6 Å². The molecule has 0 atom stereocenters. The first-order valence-electron chi connectivity index (χ1n) is 9.42. The molecular weight excluding hydrogens is 414 g/mol. The van der Waals surface area contributed by atoms with E-state index >= 15 is 0 Å². The molecule has 8 heteroatoms. The first-order valence-corrected chi connectivity index (χ1v) is 9.42. The van der Waals surface area contributed by atoms with Gasteiger partial charge in [-0.2, -0.15) is 0 Å². The van der Waals surface area contributed by atoms with Crippen LogP contribution in [-0.4, -0.2) is 30.9 Å². The summed E-state index contributed by atoms with van der Waals surface area (Å²) in [5.41, 5.74) is 1.14. The van der Waals surface area contributed by atoms with Gasteiger partial charge in [-0.25, -0.2) is 4.79 Å². The molecule has 0 aliphatic heterocycles. The standard InChI is InChI=1S/C24H19NO7/c1-30-21-12-14-23(31-2)18(15-21)7-13-22(26)16-5-10-20(11-6-16)32-24(27)17-3-8-19(9-4-17)25(28)29/h3-15H,1-2H3/b13-7+. The van der Waals surface area contributed by atoms with Gasteiger partial charge < -0.3 is 14.2 Å². The molecule has 0 amide bonds. The molecule has 0 spiro atoms. The van der Waals surface area contributed by atoms with Crippen LogP contribution in [-0.2, 0) is 0 Å². The zero-order chi connectivity index (χ0) is 23.1. The first kappa shape index (κ1) is 22.2. The van der Waals surface area contributed by atoms with Crippen LogP contribution in [0.4, 0.5) is 5.69 Å². The Labute approximate surface area is 183 Å². The van der Waals surface area contributed by atoms with Crippen molar-refractivity contribution in [2.24, 2.45) is 0 Å². The topological polar surface area (TPSA) is 105 Å². The highest BCUT2D eigenvalue weighted by Gasteiger charge is 2.12. The van der Waals surface area contributed by atoms with Crippen LogP contribution in [0.3, 0.4) is 0 Å². The fourth-order valence-electron chi connectivity index (χ4n) is 2.80. The predicted octanol–water partition coefficient (Wildman–Crippen LogP) is 4.73. The lowest BCUT2D eigenvalue weighted by Gasteiger charge is -2.07. The Morgan fingerprint density at radius 2 is 1.47 bits per heavy atom. The van der Waals surface area contributed by atoms with Crippen LogP contribution in [0, 0.1) is 10.1 Å². The molecule has 0 aliphatic rings. The summed E-state index contributed by atoms with van der Waals surface area (Å²) in [6.07, 6.45) is 3.04. The molecule has 0 heterocycles. The van der Waals surface area contributed by atoms with Crippen molar-refractivity contribution in [2.75, 3.05) is 14.2 Å². The summed E-state index contributed by atoms with van der Waals surface area (Å²) < 4.78 is 15.7. The van der Waals surface area contributed by atoms with Gasteiger partial charge in [0.2, 0.25) is 0 Å². The quantitative estimate of drug-likeness (QED) is 0.126. The van der Waals surface area contributed by atoms with Crippen LogP contribution in [0.15, 0.2) is 72.8 Å². The Morgan fingerprint density at radius 3 is 2.06 bits per heavy atom. The number of methoxy groups -OCH3 is 2. The lowest BCUT2D eigenvalue weighted by Crippen LogP contribution is -2.08. The highest BCUT2D eigenvalue weighted by molar-refractivity contribution is 6.07. The molecular formula is C24H19NO7. The number of nitrogens with zero attached hydrogens (tertiary/aromatic N) is 1. The Bertz CT molecular complexity index is 1170. The zero-order valence-corrected chi connectivity index (χ0v) is 17.3. The minimum atomic E-state index is -0.663. The van der Waals surface area contributed by atoms with Crippen LogP contribution < -0.4 is 14.2 Å². The van der Waals surface area contributed by atoms with E-state index in [1.54, 1.807) is 31.4 Å². The van der Waals surface area contributed by atoms with Gasteiger partial charge >= 0.3 is 5.97 Å². The predicted molar refractivity (Wildman–Crippen MR) is 117 cm³/mol. The van der Waals surface area contributed by atoms with Crippen molar-refractivity contribution in [1.29, 1.82) is 0 Å². The van der Waals surface area contributed by atoms with Crippen LogP contribution in [0.1, 0.15) is 26.3 Å². The number of benzene rings is 3. The summed E-state index contributed by atoms with van der Waals surface area (Å²) in [6, 6.07) is 16.4. The SMILES string of the molecule is COc1ccc(OC)c(/C=C/C(=O)c2ccc(OC(=O)c3ccc([N+](=O)[O-])cc3)cc2)c1. The molecule has 162 valence electrons. The molecule has 0 aliphatic carbocycles. The number of nitro groups is 1. The smallest absolute Gasteiger partial charge is 0.343 e. The summed E-state index contributed by atoms with van der Waals surface area (Å²) in [6.45, 7) is 0. The highest BCUT2D eigenvalue weighted by atomic mass is 16.6. The minimum absolute atomic E-state index is 0.121. The summed E-state index contributed by atoms with van der Waals surface area (Å²) >= 11 is 0. The molecule has 0 bridgehead atoms. The van der Waals surface area contributed by atoms with Gasteiger partial charge in [-0.3, -0.25) is 14.9 Å². The second-order valence-electron chi connectivity index (χ2n) is 6.52. The van der Waals surface area contributed by atoms with Gasteiger partial charge in [0, 0.05) is 23.3 Å². The Morgan fingerprint density at radius 1 is 0.844 bits per heavy atom. The van der Waals surface area contributed by atoms with E-state index in [0.717, 1.165) is 0 Å². The average Bonchev–Trinajstić information content (AvgIpc) is 2.82. The minimum Gasteiger partial charge on any atom is -0.497 e. The van der Waals surface area contributed by atoms with Crippen LogP contribution >= 0.6 is 0 Å². The molecule has 0 aromatic heterocycles. The number of ether oxygens (including phenoxy) is 3. The number of ketones is 1. The molecule has 3 rings (SSSR count). The summed E-state index contributed by atoms with van der Waals surface area (Å²) in [5, 5.41) is 10.7. The number of rotatable bonds is 8. The number of carbonyl (C=O) groups excluding carboxylic acids is 2. The van der Waals surface area contributed by atoms with Gasteiger partial charge in [-0.1, -0.05) is 0 Å². The summed E-state index contributed by atoms with van der Waals surface area (Å²) in [4.78, 5) is 34.8. The number of allylic oxidation sites excluding steroid dienone is 1. The Balaban J connectivity index is 1.67. The molecule has 32 heavy (non-hydrogen) atoms. The maximum Gasteiger partial charge on any atom is 0.343 e. The lowest BCUT2D eigenvalue weighted by molar-refractivity contribution is -0.384. The maximum atomic E-state index is 12.5. The van der Waals surface area contributed by atoms with Crippen molar-refractivity contribution in [3.63, 3.8) is 0 Å². The third-order valence-electron chi connectivity index (χ3n) is 4.51. The van der Waals surface area contributed by atoms with Gasteiger partial charge in [0.25, 0.3) is 5.69 Å². The van der Waals surface area contributed by atoms with Crippen molar-refractivity contribution in [2.45, 2.75) is 0 Å². The highest BCUT2D eigenvalue weighted by Crippen LogP contribution is 2.25. The van der Waals surface area contributed by atoms with Gasteiger partial charge in [-0.15, -0.1) is 0 Å². The Kier molecular flexibility index (Phi) is 6.97. The fraction of sp³-hybridized carbons (Fsp3) is 0.0833. The normalized spacial score (nSPS) is 10.6. The second-order valence-corrected chi connectivity index (χ2v) is 6.52. The second kappa shape index (κ2) is 10.0. The summed E-state index contributed by atoms with van der Waals surface area (Å²) in [5.74, 6) is 0.566. The Hall–Kier alpha value is -4.46. The number of non-ortho nitro benzene ring substituents is 1.